The summed E-state index contributed by atoms with van der Waals surface area (Å²) in [5, 5.41) is 0. The number of hydrogen-bond donors (Lipinski definition) is 0. The number of likely N-dealkylation sites (N-methyl/N-ethyl adjacent to an activating group) is 1. The molecule has 0 radical (unpaired) electrons. The van der Waals surface area contributed by atoms with Gasteiger partial charge >= 0.3 is 0 Å². The van der Waals surface area contributed by atoms with Gasteiger partial charge in [-0.15, -0.1) is 0 Å². The number of Topliss-reactive ketones (excluding diaryl/α,β-unsaturated/α-hetero) is 1. The molecule has 0 N–H and O–H groups in total. The zero-order chi connectivity index (χ0) is 12.0. The Kier molecular flexibility index (Phi) is 2.90. The fourth-order valence-electron chi connectivity index (χ4n) is 4.30. The molecule has 0 amide bonds. The van der Waals surface area contributed by atoms with Gasteiger partial charge in [-0.05, 0) is 37.1 Å². The van der Waals surface area contributed by atoms with Gasteiger partial charge in [-0.1, -0.05) is 27.7 Å². The predicted molar refractivity (Wildman–Crippen MR) is 66.4 cm³/mol. The van der Waals surface area contributed by atoms with Crippen LogP contribution >= 0.6 is 0 Å². The molecule has 2 rings (SSSR count). The molecule has 92 valence electrons. The molecule has 1 saturated heterocycles. The van der Waals surface area contributed by atoms with Crippen molar-refractivity contribution in [2.24, 2.45) is 11.3 Å². The highest BCUT2D eigenvalue weighted by atomic mass is 16.1. The summed E-state index contributed by atoms with van der Waals surface area (Å²) in [5.41, 5.74) is 0.223. The molecule has 2 fully saturated rings. The van der Waals surface area contributed by atoms with E-state index in [9.17, 15) is 4.79 Å². The van der Waals surface area contributed by atoms with E-state index in [1.165, 1.54) is 6.42 Å². The Labute approximate surface area is 99.4 Å². The Morgan fingerprint density at radius 3 is 2.62 bits per heavy atom. The number of hydrogen-bond acceptors (Lipinski definition) is 2. The van der Waals surface area contributed by atoms with Crippen molar-refractivity contribution in [2.45, 2.75) is 58.9 Å². The number of carbonyl (C=O) groups is 1. The number of nitrogens with zero attached hydrogens (tertiary/aromatic N) is 1. The molecule has 1 aliphatic carbocycles. The van der Waals surface area contributed by atoms with Crippen molar-refractivity contribution < 1.29 is 4.79 Å². The molecule has 1 aliphatic heterocycles. The first kappa shape index (κ1) is 12.1. The topological polar surface area (TPSA) is 20.3 Å². The van der Waals surface area contributed by atoms with E-state index >= 15 is 0 Å². The minimum Gasteiger partial charge on any atom is -0.298 e. The molecule has 0 aromatic carbocycles. The van der Waals surface area contributed by atoms with E-state index in [4.69, 9.17) is 0 Å². The molecule has 0 aromatic rings. The molecule has 0 bridgehead atoms. The first-order valence-corrected chi connectivity index (χ1v) is 6.68. The van der Waals surface area contributed by atoms with Crippen LogP contribution < -0.4 is 0 Å². The highest BCUT2D eigenvalue weighted by molar-refractivity contribution is 5.90. The van der Waals surface area contributed by atoms with E-state index < -0.39 is 0 Å². The second kappa shape index (κ2) is 3.83. The maximum atomic E-state index is 12.3. The zero-order valence-corrected chi connectivity index (χ0v) is 11.2. The van der Waals surface area contributed by atoms with Gasteiger partial charge in [0.2, 0.25) is 0 Å². The van der Waals surface area contributed by atoms with Crippen molar-refractivity contribution >= 4 is 5.78 Å². The van der Waals surface area contributed by atoms with Gasteiger partial charge in [0.1, 0.15) is 0 Å². The number of carbonyl (C=O) groups excluding carboxylic acids is 1. The van der Waals surface area contributed by atoms with Crippen LogP contribution in [0.1, 0.15) is 53.4 Å². The average molecular weight is 223 g/mol. The minimum atomic E-state index is -0.101. The summed E-state index contributed by atoms with van der Waals surface area (Å²) in [6.45, 7) is 11.1. The standard InChI is InChI=1S/C14H25NO/c1-5-15-7-6-12(16)14(15)9-11(2)8-13(3,4)10-14/h11H,5-10H2,1-4H3. The van der Waals surface area contributed by atoms with Crippen LogP contribution in [0, 0.1) is 11.3 Å². The maximum Gasteiger partial charge on any atom is 0.154 e. The zero-order valence-electron chi connectivity index (χ0n) is 11.2. The lowest BCUT2D eigenvalue weighted by molar-refractivity contribution is -0.130. The van der Waals surface area contributed by atoms with Crippen molar-refractivity contribution in [1.29, 1.82) is 0 Å². The molecule has 16 heavy (non-hydrogen) atoms. The van der Waals surface area contributed by atoms with Gasteiger partial charge in [-0.3, -0.25) is 9.69 Å². The lowest BCUT2D eigenvalue weighted by Gasteiger charge is -2.48. The minimum absolute atomic E-state index is 0.101. The molecular weight excluding hydrogens is 198 g/mol. The molecule has 2 aliphatic rings. The van der Waals surface area contributed by atoms with Gasteiger partial charge in [0.05, 0.1) is 5.54 Å². The van der Waals surface area contributed by atoms with Crippen molar-refractivity contribution in [2.75, 3.05) is 13.1 Å². The van der Waals surface area contributed by atoms with E-state index in [1.807, 2.05) is 0 Å². The van der Waals surface area contributed by atoms with E-state index in [1.54, 1.807) is 0 Å². The first-order valence-electron chi connectivity index (χ1n) is 6.68. The molecule has 1 heterocycles. The predicted octanol–water partition coefficient (Wildman–Crippen LogP) is 2.87. The molecule has 1 spiro atoms. The smallest absolute Gasteiger partial charge is 0.154 e. The van der Waals surface area contributed by atoms with Crippen LogP contribution in [0.2, 0.25) is 0 Å². The Morgan fingerprint density at radius 2 is 2.06 bits per heavy atom. The quantitative estimate of drug-likeness (QED) is 0.681. The lowest BCUT2D eigenvalue weighted by Crippen LogP contribution is -2.54. The van der Waals surface area contributed by atoms with Crippen molar-refractivity contribution in [3.8, 4) is 0 Å². The number of rotatable bonds is 1. The van der Waals surface area contributed by atoms with Crippen molar-refractivity contribution in [1.82, 2.24) is 4.90 Å². The van der Waals surface area contributed by atoms with Crippen molar-refractivity contribution in [3.05, 3.63) is 0 Å². The van der Waals surface area contributed by atoms with Gasteiger partial charge in [0.15, 0.2) is 5.78 Å². The van der Waals surface area contributed by atoms with Gasteiger partial charge in [-0.2, -0.15) is 0 Å². The van der Waals surface area contributed by atoms with Crippen LogP contribution in [-0.4, -0.2) is 29.3 Å². The summed E-state index contributed by atoms with van der Waals surface area (Å²) in [6.07, 6.45) is 4.19. The Hall–Kier alpha value is -0.370. The number of ketones is 1. The molecule has 2 atom stereocenters. The number of likely N-dealkylation sites (tertiary alicyclic amines) is 1. The fourth-order valence-corrected chi connectivity index (χ4v) is 4.30. The van der Waals surface area contributed by atoms with Crippen LogP contribution in [-0.2, 0) is 4.79 Å². The third-order valence-corrected chi connectivity index (χ3v) is 4.47. The molecule has 1 saturated carbocycles. The third-order valence-electron chi connectivity index (χ3n) is 4.47. The molecule has 2 heteroatoms. The van der Waals surface area contributed by atoms with E-state index in [-0.39, 0.29) is 5.54 Å². The fraction of sp³-hybridized carbons (Fsp3) is 0.929. The Bertz CT molecular complexity index is 297. The summed E-state index contributed by atoms with van der Waals surface area (Å²) < 4.78 is 0. The lowest BCUT2D eigenvalue weighted by atomic mass is 9.63. The largest absolute Gasteiger partial charge is 0.298 e. The van der Waals surface area contributed by atoms with Crippen LogP contribution in [0.3, 0.4) is 0 Å². The first-order chi connectivity index (χ1) is 7.39. The summed E-state index contributed by atoms with van der Waals surface area (Å²) in [6, 6.07) is 0. The van der Waals surface area contributed by atoms with E-state index in [2.05, 4.69) is 32.6 Å². The van der Waals surface area contributed by atoms with Gasteiger partial charge in [0, 0.05) is 13.0 Å². The van der Waals surface area contributed by atoms with Gasteiger partial charge in [0.25, 0.3) is 0 Å². The van der Waals surface area contributed by atoms with Crippen LogP contribution in [0.5, 0.6) is 0 Å². The molecular formula is C14H25NO. The summed E-state index contributed by atoms with van der Waals surface area (Å²) in [4.78, 5) is 14.7. The third kappa shape index (κ3) is 1.81. The normalized spacial score (nSPS) is 39.5. The van der Waals surface area contributed by atoms with Crippen LogP contribution in [0.4, 0.5) is 0 Å². The van der Waals surface area contributed by atoms with Gasteiger partial charge in [-0.25, -0.2) is 0 Å². The highest BCUT2D eigenvalue weighted by Crippen LogP contribution is 2.49. The second-order valence-electron chi connectivity index (χ2n) is 6.64. The maximum absolute atomic E-state index is 12.3. The highest BCUT2D eigenvalue weighted by Gasteiger charge is 2.53. The molecule has 2 unspecified atom stereocenters. The Morgan fingerprint density at radius 1 is 1.38 bits per heavy atom. The van der Waals surface area contributed by atoms with Gasteiger partial charge < -0.3 is 0 Å². The van der Waals surface area contributed by atoms with E-state index in [0.29, 0.717) is 17.1 Å². The van der Waals surface area contributed by atoms with Crippen LogP contribution in [0.15, 0.2) is 0 Å². The summed E-state index contributed by atoms with van der Waals surface area (Å²) in [7, 11) is 0. The molecule has 0 aromatic heterocycles. The SMILES string of the molecule is CCN1CCC(=O)C12CC(C)CC(C)(C)C2. The summed E-state index contributed by atoms with van der Waals surface area (Å²) in [5.74, 6) is 1.19. The van der Waals surface area contributed by atoms with E-state index in [0.717, 1.165) is 32.4 Å². The monoisotopic (exact) mass is 223 g/mol. The summed E-state index contributed by atoms with van der Waals surface area (Å²) >= 11 is 0. The molecule has 2 nitrogen and oxygen atoms in total. The van der Waals surface area contributed by atoms with Crippen molar-refractivity contribution in [3.63, 3.8) is 0 Å². The average Bonchev–Trinajstić information content (AvgIpc) is 2.40. The van der Waals surface area contributed by atoms with Crippen LogP contribution in [0.25, 0.3) is 0 Å². The second-order valence-corrected chi connectivity index (χ2v) is 6.64. The Balaban J connectivity index is 2.31.